The molecule has 0 aliphatic carbocycles. The zero-order valence-electron chi connectivity index (χ0n) is 27.1. The predicted molar refractivity (Wildman–Crippen MR) is 184 cm³/mol. The van der Waals surface area contributed by atoms with E-state index in [1.165, 1.54) is 29.8 Å². The van der Waals surface area contributed by atoms with Crippen LogP contribution in [0.15, 0.2) is 36.5 Å². The van der Waals surface area contributed by atoms with E-state index in [1.807, 2.05) is 6.92 Å². The van der Waals surface area contributed by atoms with E-state index in [0.717, 1.165) is 5.56 Å². The van der Waals surface area contributed by atoms with Crippen molar-refractivity contribution in [1.82, 2.24) is 14.8 Å². The highest BCUT2D eigenvalue weighted by Gasteiger charge is 2.53. The van der Waals surface area contributed by atoms with Gasteiger partial charge >= 0.3 is 18.2 Å². The van der Waals surface area contributed by atoms with Crippen LogP contribution in [-0.2, 0) is 14.3 Å². The highest BCUT2D eigenvalue weighted by molar-refractivity contribution is 6.68. The van der Waals surface area contributed by atoms with Gasteiger partial charge in [0.1, 0.15) is 24.7 Å². The number of rotatable bonds is 8. The fourth-order valence-electron chi connectivity index (χ4n) is 5.26. The Morgan fingerprint density at radius 1 is 0.938 bits per heavy atom. The van der Waals surface area contributed by atoms with Crippen molar-refractivity contribution >= 4 is 81.7 Å². The van der Waals surface area contributed by atoms with E-state index in [9.17, 15) is 19.5 Å². The third kappa shape index (κ3) is 8.84. The van der Waals surface area contributed by atoms with Crippen molar-refractivity contribution in [3.05, 3.63) is 57.7 Å². The second-order valence-corrected chi connectivity index (χ2v) is 16.0. The van der Waals surface area contributed by atoms with Gasteiger partial charge in [-0.05, 0) is 76.4 Å². The molecule has 262 valence electrons. The number of aliphatic carboxylic acids is 1. The first-order chi connectivity index (χ1) is 22.2. The fraction of sp³-hybridized carbons (Fsp3) is 0.500. The molecule has 2 amide bonds. The van der Waals surface area contributed by atoms with Crippen LogP contribution in [0.1, 0.15) is 45.7 Å². The van der Waals surface area contributed by atoms with Crippen molar-refractivity contribution in [3.8, 4) is 11.6 Å². The van der Waals surface area contributed by atoms with Gasteiger partial charge in [0.25, 0.3) is 0 Å². The molecule has 1 aromatic carbocycles. The first-order valence-electron chi connectivity index (χ1n) is 14.9. The van der Waals surface area contributed by atoms with E-state index in [2.05, 4.69) is 4.98 Å². The van der Waals surface area contributed by atoms with Gasteiger partial charge in [0, 0.05) is 25.4 Å². The highest BCUT2D eigenvalue weighted by Crippen LogP contribution is 2.43. The molecule has 2 aliphatic heterocycles. The van der Waals surface area contributed by atoms with Crippen LogP contribution in [0, 0.1) is 12.8 Å². The van der Waals surface area contributed by atoms with Crippen LogP contribution < -0.4 is 9.47 Å². The Labute approximate surface area is 303 Å². The fourth-order valence-corrected chi connectivity index (χ4v) is 6.09. The minimum atomic E-state index is -1.98. The Bertz CT molecular complexity index is 1550. The smallest absolute Gasteiger partial charge is 0.411 e. The maximum absolute atomic E-state index is 13.6. The molecule has 48 heavy (non-hydrogen) atoms. The van der Waals surface area contributed by atoms with Crippen LogP contribution in [0.2, 0.25) is 10.0 Å². The van der Waals surface area contributed by atoms with Gasteiger partial charge in [-0.25, -0.2) is 14.6 Å². The summed E-state index contributed by atoms with van der Waals surface area (Å²) in [6.07, 6.45) is 1.54. The molecule has 11 nitrogen and oxygen atoms in total. The van der Waals surface area contributed by atoms with E-state index in [-0.39, 0.29) is 32.2 Å². The molecule has 1 saturated heterocycles. The van der Waals surface area contributed by atoms with Crippen molar-refractivity contribution < 1.29 is 38.4 Å². The lowest BCUT2D eigenvalue weighted by Crippen LogP contribution is -2.67. The Balaban J connectivity index is 1.57. The van der Waals surface area contributed by atoms with Gasteiger partial charge < -0.3 is 29.0 Å². The van der Waals surface area contributed by atoms with Crippen LogP contribution in [0.3, 0.4) is 0 Å². The number of alkyl halides is 3. The number of hydrogen-bond donors (Lipinski definition) is 1. The number of fused-ring (bicyclic) bond motifs is 2. The molecule has 3 heterocycles. The first-order valence-corrected chi connectivity index (χ1v) is 16.8. The first kappa shape index (κ1) is 38.0. The number of hydrogen-bond acceptors (Lipinski definition) is 8. The number of ether oxygens (including phenoxy) is 4. The number of benzene rings is 1. The number of aromatic nitrogens is 1. The monoisotopic (exact) mass is 765 g/mol. The molecule has 1 N–H and O–H groups in total. The van der Waals surface area contributed by atoms with Gasteiger partial charge in [0.2, 0.25) is 9.67 Å². The van der Waals surface area contributed by atoms with E-state index >= 15 is 0 Å². The van der Waals surface area contributed by atoms with Crippen LogP contribution in [0.5, 0.6) is 11.6 Å². The number of pyridine rings is 1. The molecular formula is C32H36Cl5N3O8. The summed E-state index contributed by atoms with van der Waals surface area (Å²) in [5.74, 6) is -1.91. The van der Waals surface area contributed by atoms with Crippen LogP contribution in [0.4, 0.5) is 9.59 Å². The van der Waals surface area contributed by atoms with Gasteiger partial charge in [-0.3, -0.25) is 9.69 Å². The number of carboxylic acids is 1. The molecule has 4 rings (SSSR count). The van der Waals surface area contributed by atoms with Crippen molar-refractivity contribution in [2.24, 2.45) is 5.92 Å². The molecule has 2 aliphatic rings. The molecule has 0 radical (unpaired) electrons. The lowest BCUT2D eigenvalue weighted by Gasteiger charge is -2.51. The maximum Gasteiger partial charge on any atom is 0.411 e. The van der Waals surface area contributed by atoms with Gasteiger partial charge in [0.15, 0.2) is 11.4 Å². The Hall–Kier alpha value is -2.83. The van der Waals surface area contributed by atoms with E-state index < -0.39 is 51.2 Å². The SMILES string of the molecule is Cc1cc(Cl)c(OCCOc2ccc(C3=CC4CN(C(=O)OC(C)(C)C)CC(C3C(=O)O)N4C(=O)OC(C)(C)C(Cl)(Cl)Cl)cn2)c(Cl)c1. The number of aryl methyl sites for hydroxylation is 1. The number of piperazine rings is 1. The summed E-state index contributed by atoms with van der Waals surface area (Å²) in [5, 5.41) is 11.3. The minimum absolute atomic E-state index is 0.00577. The molecule has 3 atom stereocenters. The molecule has 16 heteroatoms. The van der Waals surface area contributed by atoms with Crippen molar-refractivity contribution in [2.45, 2.75) is 68.6 Å². The zero-order valence-corrected chi connectivity index (χ0v) is 30.8. The maximum atomic E-state index is 13.6. The zero-order chi connectivity index (χ0) is 35.8. The number of carbonyl (C=O) groups is 3. The summed E-state index contributed by atoms with van der Waals surface area (Å²) in [7, 11) is 0. The normalized spacial score (nSPS) is 19.7. The topological polar surface area (TPSA) is 128 Å². The molecule has 0 spiro atoms. The lowest BCUT2D eigenvalue weighted by molar-refractivity contribution is -0.143. The highest BCUT2D eigenvalue weighted by atomic mass is 35.6. The summed E-state index contributed by atoms with van der Waals surface area (Å²) in [5.41, 5.74) is -0.583. The number of amides is 2. The van der Waals surface area contributed by atoms with Crippen molar-refractivity contribution in [1.29, 1.82) is 0 Å². The summed E-state index contributed by atoms with van der Waals surface area (Å²) in [4.78, 5) is 46.6. The van der Waals surface area contributed by atoms with E-state index in [4.69, 9.17) is 77.0 Å². The second kappa shape index (κ2) is 14.6. The minimum Gasteiger partial charge on any atom is -0.487 e. The quantitative estimate of drug-likeness (QED) is 0.211. The molecule has 2 bridgehead atoms. The number of halogens is 5. The summed E-state index contributed by atoms with van der Waals surface area (Å²) in [6.45, 7) is 9.98. The van der Waals surface area contributed by atoms with E-state index in [1.54, 1.807) is 51.1 Å². The average molecular weight is 768 g/mol. The largest absolute Gasteiger partial charge is 0.487 e. The third-order valence-corrected chi connectivity index (χ3v) is 9.49. The van der Waals surface area contributed by atoms with Gasteiger partial charge in [-0.15, -0.1) is 0 Å². The van der Waals surface area contributed by atoms with Crippen LogP contribution in [0.25, 0.3) is 5.57 Å². The summed E-state index contributed by atoms with van der Waals surface area (Å²) < 4.78 is 20.6. The summed E-state index contributed by atoms with van der Waals surface area (Å²) in [6, 6.07) is 4.86. The van der Waals surface area contributed by atoms with Crippen LogP contribution >= 0.6 is 58.0 Å². The second-order valence-electron chi connectivity index (χ2n) is 12.9. The van der Waals surface area contributed by atoms with Gasteiger partial charge in [0.05, 0.1) is 22.1 Å². The number of carbonyl (C=O) groups excluding carboxylic acids is 2. The van der Waals surface area contributed by atoms with E-state index in [0.29, 0.717) is 26.9 Å². The van der Waals surface area contributed by atoms with Crippen molar-refractivity contribution in [3.63, 3.8) is 0 Å². The summed E-state index contributed by atoms with van der Waals surface area (Å²) >= 11 is 30.6. The third-order valence-electron chi connectivity index (χ3n) is 7.57. The molecule has 0 saturated carbocycles. The molecular weight excluding hydrogens is 732 g/mol. The predicted octanol–water partition coefficient (Wildman–Crippen LogP) is 7.83. The number of carboxylic acid groups (broad SMARTS) is 1. The molecule has 2 aromatic rings. The molecule has 3 unspecified atom stereocenters. The van der Waals surface area contributed by atoms with Gasteiger partial charge in [-0.2, -0.15) is 0 Å². The van der Waals surface area contributed by atoms with Crippen LogP contribution in [-0.4, -0.2) is 91.4 Å². The molecule has 1 fully saturated rings. The Morgan fingerprint density at radius 2 is 1.56 bits per heavy atom. The lowest BCUT2D eigenvalue weighted by atomic mass is 9.79. The van der Waals surface area contributed by atoms with Gasteiger partial charge in [-0.1, -0.05) is 64.1 Å². The Morgan fingerprint density at radius 3 is 2.10 bits per heavy atom. The number of nitrogens with zero attached hydrogens (tertiary/aromatic N) is 3. The van der Waals surface area contributed by atoms with Crippen molar-refractivity contribution in [2.75, 3.05) is 26.3 Å². The standard InChI is InChI=1S/C32H36Cl5N3O8/c1-17-11-21(33)26(22(34)12-17)46-10-9-45-24-8-7-18(14-38-24)20-13-19-15-39(28(43)47-30(2,3)4)16-23(25(20)27(41)42)40(19)29(44)48-31(5,6)32(35,36)37/h7-8,11-14,19,23,25H,9-10,15-16H2,1-6H3,(H,41,42). The average Bonchev–Trinajstić information content (AvgIpc) is 2.93. The Kier molecular flexibility index (Phi) is 11.5. The molecule has 1 aromatic heterocycles.